The van der Waals surface area contributed by atoms with E-state index in [9.17, 15) is 18.9 Å². The van der Waals surface area contributed by atoms with Crippen LogP contribution in [0, 0.1) is 10.1 Å². The first-order chi connectivity index (χ1) is 5.01. The lowest BCUT2D eigenvalue weighted by atomic mass is 9.93. The van der Waals surface area contributed by atoms with Crippen LogP contribution in [0.3, 0.4) is 0 Å². The van der Waals surface area contributed by atoms with Gasteiger partial charge in [-0.05, 0) is 0 Å². The van der Waals surface area contributed by atoms with E-state index in [-0.39, 0.29) is 25.7 Å². The monoisotopic (exact) mass is 165 g/mol. The molecular weight excluding hydrogens is 156 g/mol. The molecule has 1 saturated carbocycles. The summed E-state index contributed by atoms with van der Waals surface area (Å²) in [5.74, 6) is -2.66. The van der Waals surface area contributed by atoms with Gasteiger partial charge in [0.25, 0.3) is 0 Å². The zero-order valence-corrected chi connectivity index (χ0v) is 5.93. The normalized spacial score (nSPS) is 24.9. The summed E-state index contributed by atoms with van der Waals surface area (Å²) in [5.41, 5.74) is 0. The Balaban J connectivity index is 2.42. The number of alkyl halides is 2. The van der Waals surface area contributed by atoms with Crippen LogP contribution in [-0.2, 0) is 0 Å². The van der Waals surface area contributed by atoms with E-state index >= 15 is 0 Å². The van der Waals surface area contributed by atoms with Crippen molar-refractivity contribution < 1.29 is 13.7 Å². The standard InChI is InChI=1S/C6H9F2NO2/c7-6(8)3-1-5(2-4-6)9(10)11/h5H,1-4H2. The molecule has 0 unspecified atom stereocenters. The molecule has 5 heteroatoms. The largest absolute Gasteiger partial charge is 0.264 e. The fourth-order valence-corrected chi connectivity index (χ4v) is 1.24. The van der Waals surface area contributed by atoms with Crippen LogP contribution in [-0.4, -0.2) is 16.9 Å². The predicted octanol–water partition coefficient (Wildman–Crippen LogP) is 1.84. The summed E-state index contributed by atoms with van der Waals surface area (Å²) < 4.78 is 24.8. The molecule has 0 aromatic rings. The molecule has 0 atom stereocenters. The van der Waals surface area contributed by atoms with Gasteiger partial charge < -0.3 is 0 Å². The Kier molecular flexibility index (Phi) is 2.06. The van der Waals surface area contributed by atoms with E-state index in [0.717, 1.165) is 0 Å². The topological polar surface area (TPSA) is 43.1 Å². The number of hydrogen-bond acceptors (Lipinski definition) is 2. The molecule has 0 spiro atoms. The molecule has 0 aliphatic heterocycles. The Morgan fingerprint density at radius 3 is 2.18 bits per heavy atom. The quantitative estimate of drug-likeness (QED) is 0.439. The minimum Gasteiger partial charge on any atom is -0.264 e. The van der Waals surface area contributed by atoms with Gasteiger partial charge in [0.1, 0.15) is 0 Å². The Morgan fingerprint density at radius 2 is 1.82 bits per heavy atom. The van der Waals surface area contributed by atoms with Gasteiger partial charge in [-0.25, -0.2) is 8.78 Å². The minimum atomic E-state index is -2.66. The van der Waals surface area contributed by atoms with Crippen LogP contribution < -0.4 is 0 Å². The molecule has 11 heavy (non-hydrogen) atoms. The van der Waals surface area contributed by atoms with Gasteiger partial charge in [-0.1, -0.05) is 0 Å². The third-order valence-electron chi connectivity index (χ3n) is 1.98. The first kappa shape index (κ1) is 8.36. The molecule has 0 amide bonds. The van der Waals surface area contributed by atoms with Crippen molar-refractivity contribution in [2.45, 2.75) is 37.6 Å². The number of rotatable bonds is 1. The number of hydrogen-bond donors (Lipinski definition) is 0. The summed E-state index contributed by atoms with van der Waals surface area (Å²) in [7, 11) is 0. The maximum absolute atomic E-state index is 12.4. The average Bonchev–Trinajstić information content (AvgIpc) is 1.86. The zero-order chi connectivity index (χ0) is 8.48. The number of halogens is 2. The highest BCUT2D eigenvalue weighted by Crippen LogP contribution is 2.33. The van der Waals surface area contributed by atoms with Gasteiger partial charge in [0.2, 0.25) is 12.0 Å². The third kappa shape index (κ3) is 2.10. The Labute approximate surface area is 62.5 Å². The highest BCUT2D eigenvalue weighted by atomic mass is 19.3. The summed E-state index contributed by atoms with van der Waals surface area (Å²) in [4.78, 5) is 9.66. The molecule has 1 fully saturated rings. The van der Waals surface area contributed by atoms with Crippen molar-refractivity contribution in [1.29, 1.82) is 0 Å². The van der Waals surface area contributed by atoms with Crippen molar-refractivity contribution >= 4 is 0 Å². The Bertz CT molecular complexity index is 162. The summed E-state index contributed by atoms with van der Waals surface area (Å²) in [6, 6.07) is -0.741. The molecule has 1 rings (SSSR count). The second-order valence-electron chi connectivity index (χ2n) is 2.87. The summed E-state index contributed by atoms with van der Waals surface area (Å²) in [6.07, 6.45) is -0.642. The molecule has 0 aromatic carbocycles. The second kappa shape index (κ2) is 2.71. The summed E-state index contributed by atoms with van der Waals surface area (Å²) in [6.45, 7) is 0. The molecule has 1 aliphatic carbocycles. The van der Waals surface area contributed by atoms with Crippen LogP contribution in [0.1, 0.15) is 25.7 Å². The highest BCUT2D eigenvalue weighted by Gasteiger charge is 2.39. The SMILES string of the molecule is O=[N+]([O-])C1CCC(F)(F)CC1. The molecule has 0 saturated heterocycles. The van der Waals surface area contributed by atoms with Crippen molar-refractivity contribution in [3.8, 4) is 0 Å². The van der Waals surface area contributed by atoms with E-state index in [1.54, 1.807) is 0 Å². The summed E-state index contributed by atoms with van der Waals surface area (Å²) >= 11 is 0. The van der Waals surface area contributed by atoms with Crippen molar-refractivity contribution in [1.82, 2.24) is 0 Å². The average molecular weight is 165 g/mol. The maximum atomic E-state index is 12.4. The Hall–Kier alpha value is -0.740. The second-order valence-corrected chi connectivity index (χ2v) is 2.87. The van der Waals surface area contributed by atoms with E-state index in [1.807, 2.05) is 0 Å². The van der Waals surface area contributed by atoms with Gasteiger partial charge in [0.15, 0.2) is 0 Å². The first-order valence-corrected chi connectivity index (χ1v) is 3.52. The number of nitrogens with zero attached hydrogens (tertiary/aromatic N) is 1. The van der Waals surface area contributed by atoms with Crippen molar-refractivity contribution in [2.75, 3.05) is 0 Å². The van der Waals surface area contributed by atoms with Crippen molar-refractivity contribution in [3.63, 3.8) is 0 Å². The molecule has 0 N–H and O–H groups in total. The van der Waals surface area contributed by atoms with Gasteiger partial charge in [-0.3, -0.25) is 10.1 Å². The van der Waals surface area contributed by atoms with Crippen LogP contribution in [0.25, 0.3) is 0 Å². The van der Waals surface area contributed by atoms with Crippen LogP contribution in [0.5, 0.6) is 0 Å². The van der Waals surface area contributed by atoms with Gasteiger partial charge >= 0.3 is 0 Å². The van der Waals surface area contributed by atoms with Gasteiger partial charge in [-0.2, -0.15) is 0 Å². The smallest absolute Gasteiger partial charge is 0.248 e. The van der Waals surface area contributed by atoms with Crippen LogP contribution in [0.4, 0.5) is 8.78 Å². The third-order valence-corrected chi connectivity index (χ3v) is 1.98. The lowest BCUT2D eigenvalue weighted by Gasteiger charge is -2.23. The predicted molar refractivity (Wildman–Crippen MR) is 34.2 cm³/mol. The molecule has 0 radical (unpaired) electrons. The van der Waals surface area contributed by atoms with E-state index < -0.39 is 16.9 Å². The lowest BCUT2D eigenvalue weighted by Crippen LogP contribution is -2.31. The van der Waals surface area contributed by atoms with Crippen LogP contribution in [0.2, 0.25) is 0 Å². The fourth-order valence-electron chi connectivity index (χ4n) is 1.24. The highest BCUT2D eigenvalue weighted by molar-refractivity contribution is 4.76. The van der Waals surface area contributed by atoms with Gasteiger partial charge in [0, 0.05) is 30.6 Å². The fraction of sp³-hybridized carbons (Fsp3) is 1.00. The van der Waals surface area contributed by atoms with E-state index in [2.05, 4.69) is 0 Å². The molecule has 3 nitrogen and oxygen atoms in total. The minimum absolute atomic E-state index is 0.0139. The molecule has 0 aromatic heterocycles. The molecular formula is C6H9F2NO2. The van der Waals surface area contributed by atoms with Crippen molar-refractivity contribution in [3.05, 3.63) is 10.1 Å². The van der Waals surface area contributed by atoms with Crippen LogP contribution >= 0.6 is 0 Å². The molecule has 64 valence electrons. The number of nitro groups is 1. The zero-order valence-electron chi connectivity index (χ0n) is 5.93. The van der Waals surface area contributed by atoms with Gasteiger partial charge in [-0.15, -0.1) is 0 Å². The molecule has 1 aliphatic rings. The summed E-state index contributed by atoms with van der Waals surface area (Å²) in [5, 5.41) is 10.1. The van der Waals surface area contributed by atoms with E-state index in [4.69, 9.17) is 0 Å². The van der Waals surface area contributed by atoms with Gasteiger partial charge in [0.05, 0.1) is 0 Å². The van der Waals surface area contributed by atoms with Crippen molar-refractivity contribution in [2.24, 2.45) is 0 Å². The molecule has 0 bridgehead atoms. The lowest BCUT2D eigenvalue weighted by molar-refractivity contribution is -0.528. The first-order valence-electron chi connectivity index (χ1n) is 3.52. The molecule has 0 heterocycles. The van der Waals surface area contributed by atoms with E-state index in [1.165, 1.54) is 0 Å². The van der Waals surface area contributed by atoms with Crippen LogP contribution in [0.15, 0.2) is 0 Å². The maximum Gasteiger partial charge on any atom is 0.248 e. The Morgan fingerprint density at radius 1 is 1.36 bits per heavy atom. The van der Waals surface area contributed by atoms with E-state index in [0.29, 0.717) is 0 Å².